The van der Waals surface area contributed by atoms with Crippen molar-refractivity contribution in [1.82, 2.24) is 5.32 Å². The molecule has 3 rings (SSSR count). The minimum absolute atomic E-state index is 0.0760. The molecule has 9 heteroatoms. The van der Waals surface area contributed by atoms with E-state index >= 15 is 0 Å². The van der Waals surface area contributed by atoms with E-state index in [0.717, 1.165) is 0 Å². The Bertz CT molecular complexity index is 962. The summed E-state index contributed by atoms with van der Waals surface area (Å²) in [6.07, 6.45) is -3.45. The van der Waals surface area contributed by atoms with Crippen molar-refractivity contribution in [3.8, 4) is 0 Å². The first-order chi connectivity index (χ1) is 13.6. The fourth-order valence-corrected chi connectivity index (χ4v) is 4.50. The predicted octanol–water partition coefficient (Wildman–Crippen LogP) is 4.34. The average molecular weight is 426 g/mol. The number of amides is 1. The maximum atomic E-state index is 12.9. The summed E-state index contributed by atoms with van der Waals surface area (Å²) in [5.41, 5.74) is 0.366. The number of halogens is 3. The highest BCUT2D eigenvalue weighted by Gasteiger charge is 2.42. The molecule has 0 aromatic heterocycles. The molecule has 2 atom stereocenters. The highest BCUT2D eigenvalue weighted by atomic mass is 32.2. The summed E-state index contributed by atoms with van der Waals surface area (Å²) >= 11 is 0. The van der Waals surface area contributed by atoms with Crippen molar-refractivity contribution >= 4 is 21.6 Å². The average Bonchev–Trinajstić information content (AvgIpc) is 2.68. The van der Waals surface area contributed by atoms with Crippen LogP contribution in [-0.2, 0) is 10.0 Å². The Morgan fingerprint density at radius 2 is 1.72 bits per heavy atom. The van der Waals surface area contributed by atoms with Crippen molar-refractivity contribution in [3.05, 3.63) is 60.2 Å². The van der Waals surface area contributed by atoms with Gasteiger partial charge in [-0.3, -0.25) is 9.52 Å². The SMILES string of the molecule is O=C(N[C@H]1CCC[C@H](C(F)(F)F)C1)c1cccc(NS(=O)(=O)c2ccccc2)c1. The van der Waals surface area contributed by atoms with Crippen LogP contribution in [0.15, 0.2) is 59.5 Å². The van der Waals surface area contributed by atoms with Crippen molar-refractivity contribution in [1.29, 1.82) is 0 Å². The van der Waals surface area contributed by atoms with Gasteiger partial charge in [0.05, 0.1) is 10.8 Å². The van der Waals surface area contributed by atoms with Gasteiger partial charge in [-0.05, 0) is 49.6 Å². The zero-order chi connectivity index (χ0) is 21.1. The van der Waals surface area contributed by atoms with Crippen molar-refractivity contribution < 1.29 is 26.4 Å². The molecule has 2 N–H and O–H groups in total. The Kier molecular flexibility index (Phi) is 6.16. The summed E-state index contributed by atoms with van der Waals surface area (Å²) in [6.45, 7) is 0. The van der Waals surface area contributed by atoms with Crippen LogP contribution in [0.4, 0.5) is 18.9 Å². The van der Waals surface area contributed by atoms with Crippen LogP contribution in [-0.4, -0.2) is 26.5 Å². The quantitative estimate of drug-likeness (QED) is 0.747. The third-order valence-electron chi connectivity index (χ3n) is 4.90. The summed E-state index contributed by atoms with van der Waals surface area (Å²) in [5.74, 6) is -1.94. The number of benzene rings is 2. The first kappa shape index (κ1) is 21.2. The van der Waals surface area contributed by atoms with Crippen molar-refractivity contribution in [2.45, 2.75) is 42.8 Å². The van der Waals surface area contributed by atoms with E-state index < -0.39 is 34.1 Å². The van der Waals surface area contributed by atoms with Gasteiger partial charge in [-0.2, -0.15) is 13.2 Å². The molecule has 0 heterocycles. The highest BCUT2D eigenvalue weighted by molar-refractivity contribution is 7.92. The third kappa shape index (κ3) is 5.50. The lowest BCUT2D eigenvalue weighted by Crippen LogP contribution is -2.41. The summed E-state index contributed by atoms with van der Waals surface area (Å²) in [5, 5.41) is 2.64. The van der Waals surface area contributed by atoms with Gasteiger partial charge in [0.2, 0.25) is 0 Å². The molecule has 1 aliphatic rings. The molecule has 1 aliphatic carbocycles. The number of rotatable bonds is 5. The molecular weight excluding hydrogens is 405 g/mol. The summed E-state index contributed by atoms with van der Waals surface area (Å²) in [4.78, 5) is 12.6. The Morgan fingerprint density at radius 1 is 1.00 bits per heavy atom. The summed E-state index contributed by atoms with van der Waals surface area (Å²) in [7, 11) is -3.81. The van der Waals surface area contributed by atoms with E-state index in [9.17, 15) is 26.4 Å². The van der Waals surface area contributed by atoms with Gasteiger partial charge in [-0.15, -0.1) is 0 Å². The van der Waals surface area contributed by atoms with E-state index in [1.807, 2.05) is 0 Å². The Morgan fingerprint density at radius 3 is 2.41 bits per heavy atom. The van der Waals surface area contributed by atoms with Crippen LogP contribution < -0.4 is 10.0 Å². The van der Waals surface area contributed by atoms with E-state index in [4.69, 9.17) is 0 Å². The maximum absolute atomic E-state index is 12.9. The second-order valence-corrected chi connectivity index (χ2v) is 8.76. The minimum atomic E-state index is -4.26. The number of carbonyl (C=O) groups is 1. The zero-order valence-electron chi connectivity index (χ0n) is 15.4. The minimum Gasteiger partial charge on any atom is -0.349 e. The summed E-state index contributed by atoms with van der Waals surface area (Å²) in [6, 6.07) is 13.1. The molecule has 0 saturated heterocycles. The molecule has 0 radical (unpaired) electrons. The van der Waals surface area contributed by atoms with Crippen molar-refractivity contribution in [2.75, 3.05) is 4.72 Å². The molecule has 2 aromatic rings. The zero-order valence-corrected chi connectivity index (χ0v) is 16.3. The van der Waals surface area contributed by atoms with Crippen LogP contribution in [0.25, 0.3) is 0 Å². The molecule has 0 aliphatic heterocycles. The van der Waals surface area contributed by atoms with Crippen LogP contribution in [0.3, 0.4) is 0 Å². The monoisotopic (exact) mass is 426 g/mol. The predicted molar refractivity (Wildman–Crippen MR) is 103 cm³/mol. The van der Waals surface area contributed by atoms with E-state index in [1.165, 1.54) is 36.4 Å². The molecule has 0 unspecified atom stereocenters. The highest BCUT2D eigenvalue weighted by Crippen LogP contribution is 2.37. The molecule has 0 spiro atoms. The standard InChI is InChI=1S/C20H21F3N2O3S/c21-20(22,23)15-7-5-8-16(13-15)24-19(26)14-6-4-9-17(12-14)25-29(27,28)18-10-2-1-3-11-18/h1-4,6,9-12,15-16,25H,5,7-8,13H2,(H,24,26)/t15-,16-/m0/s1. The number of nitrogens with one attached hydrogen (secondary N) is 2. The first-order valence-corrected chi connectivity index (χ1v) is 10.7. The largest absolute Gasteiger partial charge is 0.391 e. The van der Waals surface area contributed by atoms with E-state index in [0.29, 0.717) is 12.8 Å². The molecule has 156 valence electrons. The molecule has 5 nitrogen and oxygen atoms in total. The van der Waals surface area contributed by atoms with Gasteiger partial charge >= 0.3 is 6.18 Å². The van der Waals surface area contributed by atoms with Crippen LogP contribution >= 0.6 is 0 Å². The van der Waals surface area contributed by atoms with E-state index in [1.54, 1.807) is 18.2 Å². The molecule has 1 saturated carbocycles. The smallest absolute Gasteiger partial charge is 0.349 e. The molecule has 1 amide bonds. The second kappa shape index (κ2) is 8.44. The fourth-order valence-electron chi connectivity index (χ4n) is 3.42. The van der Waals surface area contributed by atoms with Crippen LogP contribution in [0.1, 0.15) is 36.0 Å². The number of hydrogen-bond acceptors (Lipinski definition) is 3. The van der Waals surface area contributed by atoms with Crippen molar-refractivity contribution in [3.63, 3.8) is 0 Å². The Hall–Kier alpha value is -2.55. The van der Waals surface area contributed by atoms with Gasteiger partial charge in [-0.25, -0.2) is 8.42 Å². The Labute approximate surface area is 167 Å². The van der Waals surface area contributed by atoms with Gasteiger partial charge in [0, 0.05) is 17.3 Å². The lowest BCUT2D eigenvalue weighted by molar-refractivity contribution is -0.183. The topological polar surface area (TPSA) is 75.3 Å². The molecule has 2 aromatic carbocycles. The third-order valence-corrected chi connectivity index (χ3v) is 6.30. The van der Waals surface area contributed by atoms with Gasteiger partial charge in [0.15, 0.2) is 0 Å². The molecule has 29 heavy (non-hydrogen) atoms. The molecule has 0 bridgehead atoms. The first-order valence-electron chi connectivity index (χ1n) is 9.21. The van der Waals surface area contributed by atoms with Gasteiger partial charge in [0.25, 0.3) is 15.9 Å². The van der Waals surface area contributed by atoms with Crippen LogP contribution in [0.5, 0.6) is 0 Å². The maximum Gasteiger partial charge on any atom is 0.391 e. The molecular formula is C20H21F3N2O3S. The normalized spacial score (nSPS) is 20.1. The van der Waals surface area contributed by atoms with E-state index in [2.05, 4.69) is 10.0 Å². The van der Waals surface area contributed by atoms with Gasteiger partial charge in [0.1, 0.15) is 0 Å². The number of hydrogen-bond donors (Lipinski definition) is 2. The lowest BCUT2D eigenvalue weighted by Gasteiger charge is -2.31. The lowest BCUT2D eigenvalue weighted by atomic mass is 9.85. The summed E-state index contributed by atoms with van der Waals surface area (Å²) < 4.78 is 66.1. The van der Waals surface area contributed by atoms with Crippen LogP contribution in [0.2, 0.25) is 0 Å². The second-order valence-electron chi connectivity index (χ2n) is 7.07. The number of sulfonamides is 1. The van der Waals surface area contributed by atoms with Gasteiger partial charge < -0.3 is 5.32 Å². The number of carbonyl (C=O) groups excluding carboxylic acids is 1. The van der Waals surface area contributed by atoms with E-state index in [-0.39, 0.29) is 29.0 Å². The van der Waals surface area contributed by atoms with Crippen molar-refractivity contribution in [2.24, 2.45) is 5.92 Å². The molecule has 1 fully saturated rings. The van der Waals surface area contributed by atoms with Gasteiger partial charge in [-0.1, -0.05) is 30.7 Å². The Balaban J connectivity index is 1.68. The van der Waals surface area contributed by atoms with Crippen LogP contribution in [0, 0.1) is 5.92 Å². The number of anilines is 1. The fraction of sp³-hybridized carbons (Fsp3) is 0.350. The number of alkyl halides is 3.